The molecule has 164 valence electrons. The van der Waals surface area contributed by atoms with E-state index >= 15 is 0 Å². The molecule has 0 aliphatic rings. The maximum atomic E-state index is 8.06. The molecule has 0 bridgehead atoms. The SMILES string of the molecule is CC(C)O.CC(C)O.CC(C)O.CC(C)O.CC(C)O.CC(C)O.[SeH8+6]. The fourth-order valence-corrected chi connectivity index (χ4v) is 0. The molecule has 6 nitrogen and oxygen atoms in total. The van der Waals surface area contributed by atoms with Gasteiger partial charge in [-0.05, 0) is 83.1 Å². The van der Waals surface area contributed by atoms with E-state index in [-0.39, 0.29) is 53.7 Å². The molecule has 0 atom stereocenters. The average Bonchev–Trinajstić information content (AvgIpc) is 2.08. The molecule has 0 saturated heterocycles. The maximum absolute atomic E-state index is 8.06. The standard InChI is InChI=1S/6C3H8O.H8Se/c6*1-3(2)4;/h6*3-4H,1-2H3;1H8/q;;;;;;+6. The second kappa shape index (κ2) is 39.4. The third-order valence-corrected chi connectivity index (χ3v) is 0. The zero-order valence-corrected chi connectivity index (χ0v) is 18.1. The molecule has 0 saturated carbocycles. The van der Waals surface area contributed by atoms with E-state index in [4.69, 9.17) is 30.6 Å². The number of rotatable bonds is 0. The Morgan fingerprint density at radius 3 is 0.280 bits per heavy atom. The Balaban J connectivity index is -0.0000000309. The van der Waals surface area contributed by atoms with Crippen molar-refractivity contribution in [2.45, 2.75) is 120 Å². The summed E-state index contributed by atoms with van der Waals surface area (Å²) in [6.07, 6.45) is -1.00. The van der Waals surface area contributed by atoms with E-state index < -0.39 is 0 Å². The van der Waals surface area contributed by atoms with Crippen LogP contribution in [0, 0.1) is 0 Å². The zero-order valence-electron chi connectivity index (χ0n) is 18.1. The average molecular weight is 448 g/mol. The monoisotopic (exact) mass is 448 g/mol. The fourth-order valence-electron chi connectivity index (χ4n) is 0. The van der Waals surface area contributed by atoms with Crippen molar-refractivity contribution in [3.05, 3.63) is 0 Å². The van der Waals surface area contributed by atoms with Gasteiger partial charge in [0, 0.05) is 36.6 Å². The Labute approximate surface area is 167 Å². The van der Waals surface area contributed by atoms with Crippen molar-refractivity contribution in [3.63, 3.8) is 0 Å². The third kappa shape index (κ3) is 154000. The van der Waals surface area contributed by atoms with E-state index in [0.717, 1.165) is 0 Å². The summed E-state index contributed by atoms with van der Waals surface area (Å²) in [6.45, 7) is 20.7. The van der Waals surface area contributed by atoms with Crippen molar-refractivity contribution < 1.29 is 30.6 Å². The van der Waals surface area contributed by atoms with E-state index in [9.17, 15) is 0 Å². The molecule has 0 radical (unpaired) electrons. The molecule has 0 fully saturated rings. The van der Waals surface area contributed by atoms with Crippen LogP contribution in [0.15, 0.2) is 0 Å². The van der Waals surface area contributed by atoms with Crippen molar-refractivity contribution in [1.29, 1.82) is 0 Å². The van der Waals surface area contributed by atoms with E-state index in [2.05, 4.69) is 0 Å². The van der Waals surface area contributed by atoms with Gasteiger partial charge in [-0.1, -0.05) is 0 Å². The van der Waals surface area contributed by atoms with E-state index in [1.54, 1.807) is 83.1 Å². The van der Waals surface area contributed by atoms with Gasteiger partial charge < -0.3 is 30.6 Å². The van der Waals surface area contributed by atoms with Crippen LogP contribution in [0.2, 0.25) is 0 Å². The second-order valence-corrected chi connectivity index (χ2v) is 6.56. The van der Waals surface area contributed by atoms with Crippen LogP contribution in [-0.4, -0.2) is 84.3 Å². The Bertz CT molecular complexity index is 101. The van der Waals surface area contributed by atoms with Crippen LogP contribution in [0.1, 0.15) is 83.1 Å². The summed E-state index contributed by atoms with van der Waals surface area (Å²) in [5.74, 6) is 0. The van der Waals surface area contributed by atoms with Crippen molar-refractivity contribution in [2.75, 3.05) is 0 Å². The van der Waals surface area contributed by atoms with Crippen molar-refractivity contribution >= 4 is 17.1 Å². The molecule has 0 aliphatic carbocycles. The van der Waals surface area contributed by atoms with Gasteiger partial charge in [0.25, 0.3) is 0 Å². The quantitative estimate of drug-likeness (QED) is 0.286. The number of aliphatic hydroxyl groups excluding tert-OH is 6. The summed E-state index contributed by atoms with van der Waals surface area (Å²) in [4.78, 5) is 0. The van der Waals surface area contributed by atoms with E-state index in [1.807, 2.05) is 0 Å². The number of aliphatic hydroxyl groups is 6. The molecule has 0 spiro atoms. The van der Waals surface area contributed by atoms with E-state index in [1.165, 1.54) is 0 Å². The van der Waals surface area contributed by atoms with Crippen LogP contribution in [-0.2, 0) is 0 Å². The van der Waals surface area contributed by atoms with Crippen molar-refractivity contribution in [1.82, 2.24) is 0 Å². The van der Waals surface area contributed by atoms with Gasteiger partial charge in [0.05, 0.1) is 0 Å². The van der Waals surface area contributed by atoms with Crippen LogP contribution in [0.3, 0.4) is 0 Å². The van der Waals surface area contributed by atoms with Gasteiger partial charge in [-0.3, -0.25) is 0 Å². The molecule has 0 aromatic heterocycles. The van der Waals surface area contributed by atoms with Gasteiger partial charge in [-0.25, -0.2) is 0 Å². The molecule has 0 amide bonds. The van der Waals surface area contributed by atoms with Crippen LogP contribution < -0.4 is 0 Å². The first kappa shape index (κ1) is 44.6. The second-order valence-electron chi connectivity index (χ2n) is 6.56. The molecule has 0 aliphatic heterocycles. The van der Waals surface area contributed by atoms with Crippen molar-refractivity contribution in [2.24, 2.45) is 0 Å². The predicted molar refractivity (Wildman–Crippen MR) is 121 cm³/mol. The van der Waals surface area contributed by atoms with Gasteiger partial charge in [0.2, 0.25) is 0 Å². The normalized spacial score (nSPS) is 8.64. The van der Waals surface area contributed by atoms with Crippen LogP contribution in [0.5, 0.6) is 0 Å². The molecule has 0 unspecified atom stereocenters. The first-order valence-electron chi connectivity index (χ1n) is 8.48. The first-order valence-corrected chi connectivity index (χ1v) is 8.48. The van der Waals surface area contributed by atoms with Crippen molar-refractivity contribution in [3.8, 4) is 0 Å². The molecule has 0 rings (SSSR count). The Kier molecular flexibility index (Phi) is 70.2. The molecule has 0 heterocycles. The van der Waals surface area contributed by atoms with Crippen LogP contribution in [0.4, 0.5) is 0 Å². The Morgan fingerprint density at radius 1 is 0.280 bits per heavy atom. The van der Waals surface area contributed by atoms with E-state index in [0.29, 0.717) is 0 Å². The van der Waals surface area contributed by atoms with Gasteiger partial charge in [-0.15, -0.1) is 0 Å². The minimum absolute atomic E-state index is 0. The summed E-state index contributed by atoms with van der Waals surface area (Å²) in [5, 5.41) is 48.3. The Hall–Kier alpha value is 0.279. The Morgan fingerprint density at radius 2 is 0.280 bits per heavy atom. The summed E-state index contributed by atoms with van der Waals surface area (Å²) in [7, 11) is 0. The fraction of sp³-hybridized carbons (Fsp3) is 1.00. The number of hydrogen-bond donors (Lipinski definition) is 6. The molecule has 0 aromatic rings. The summed E-state index contributed by atoms with van der Waals surface area (Å²) >= 11 is 0. The third-order valence-electron chi connectivity index (χ3n) is 0. The summed E-state index contributed by atoms with van der Waals surface area (Å²) < 4.78 is 0. The molecule has 25 heavy (non-hydrogen) atoms. The van der Waals surface area contributed by atoms with Crippen LogP contribution >= 0.6 is 0 Å². The van der Waals surface area contributed by atoms with Gasteiger partial charge in [0.1, 0.15) is 0 Å². The molecular weight excluding hydrogens is 391 g/mol. The van der Waals surface area contributed by atoms with Gasteiger partial charge >= 0.3 is 17.1 Å². The zero-order chi connectivity index (χ0) is 21.5. The van der Waals surface area contributed by atoms with Gasteiger partial charge in [0.15, 0.2) is 0 Å². The first-order chi connectivity index (χ1) is 10.4. The molecule has 7 heteroatoms. The van der Waals surface area contributed by atoms with Gasteiger partial charge in [-0.2, -0.15) is 0 Å². The molecule has 6 N–H and O–H groups in total. The molecular formula is C18H56O6Se+6. The topological polar surface area (TPSA) is 121 Å². The molecule has 0 aromatic carbocycles. The minimum atomic E-state index is -0.167. The summed E-state index contributed by atoms with van der Waals surface area (Å²) in [6, 6.07) is 0. The summed E-state index contributed by atoms with van der Waals surface area (Å²) in [5.41, 5.74) is 0. The van der Waals surface area contributed by atoms with Crippen LogP contribution in [0.25, 0.3) is 0 Å². The predicted octanol–water partition coefficient (Wildman–Crippen LogP) is -0.200. The number of hydrogen-bond acceptors (Lipinski definition) is 6.